The third-order valence-corrected chi connectivity index (χ3v) is 3.28. The minimum Gasteiger partial charge on any atom is -0.201 e. The average molecular weight is 200 g/mol. The largest absolute Gasteiger partial charge is 0.275 e. The van der Waals surface area contributed by atoms with Crippen molar-refractivity contribution >= 4 is 11.8 Å². The fourth-order valence-electron chi connectivity index (χ4n) is 1.48. The maximum absolute atomic E-state index is 13.4. The molecule has 0 fully saturated rings. The number of rotatable bonds is 0. The molecule has 0 aliphatic carbocycles. The van der Waals surface area contributed by atoms with E-state index in [1.54, 1.807) is 12.1 Å². The number of alkyl halides is 2. The van der Waals surface area contributed by atoms with Crippen LogP contribution in [0.5, 0.6) is 0 Å². The number of aryl methyl sites for hydroxylation is 1. The number of benzene rings is 1. The van der Waals surface area contributed by atoms with E-state index in [0.29, 0.717) is 5.75 Å². The van der Waals surface area contributed by atoms with Gasteiger partial charge in [-0.05, 0) is 19.1 Å². The van der Waals surface area contributed by atoms with E-state index in [-0.39, 0.29) is 12.0 Å². The Morgan fingerprint density at radius 1 is 1.38 bits per heavy atom. The van der Waals surface area contributed by atoms with Crippen molar-refractivity contribution in [1.82, 2.24) is 0 Å². The summed E-state index contributed by atoms with van der Waals surface area (Å²) in [5, 5.41) is 0. The molecule has 0 spiro atoms. The van der Waals surface area contributed by atoms with E-state index >= 15 is 0 Å². The van der Waals surface area contributed by atoms with Gasteiger partial charge >= 0.3 is 0 Å². The molecule has 1 aromatic carbocycles. The van der Waals surface area contributed by atoms with Crippen molar-refractivity contribution in [1.29, 1.82) is 0 Å². The quantitative estimate of drug-likeness (QED) is 0.616. The molecule has 0 bridgehead atoms. The van der Waals surface area contributed by atoms with Crippen LogP contribution in [0.1, 0.15) is 17.5 Å². The Morgan fingerprint density at radius 2 is 2.15 bits per heavy atom. The highest BCUT2D eigenvalue weighted by molar-refractivity contribution is 7.99. The van der Waals surface area contributed by atoms with Crippen molar-refractivity contribution in [2.24, 2.45) is 0 Å². The van der Waals surface area contributed by atoms with Gasteiger partial charge in [0.25, 0.3) is 5.92 Å². The molecule has 0 unspecified atom stereocenters. The Kier molecular flexibility index (Phi) is 2.06. The predicted molar refractivity (Wildman–Crippen MR) is 50.4 cm³/mol. The normalized spacial score (nSPS) is 19.6. The summed E-state index contributed by atoms with van der Waals surface area (Å²) in [5.74, 6) is -2.10. The maximum atomic E-state index is 13.4. The standard InChI is InChI=1S/C10H10F2S/c1-7-2-3-9-8(6-7)10(11,12)4-5-13-9/h2-3,6H,4-5H2,1H3. The third-order valence-electron chi connectivity index (χ3n) is 2.20. The lowest BCUT2D eigenvalue weighted by Gasteiger charge is -2.24. The van der Waals surface area contributed by atoms with Crippen LogP contribution in [-0.2, 0) is 5.92 Å². The van der Waals surface area contributed by atoms with Crippen LogP contribution < -0.4 is 0 Å². The lowest BCUT2D eigenvalue weighted by molar-refractivity contribution is -0.0116. The van der Waals surface area contributed by atoms with Gasteiger partial charge in [-0.25, -0.2) is 8.78 Å². The minimum atomic E-state index is -2.62. The Bertz CT molecular complexity index is 334. The van der Waals surface area contributed by atoms with Gasteiger partial charge in [0.05, 0.1) is 0 Å². The summed E-state index contributed by atoms with van der Waals surface area (Å²) in [6, 6.07) is 5.27. The summed E-state index contributed by atoms with van der Waals surface area (Å²) >= 11 is 1.52. The van der Waals surface area contributed by atoms with Crippen molar-refractivity contribution in [3.05, 3.63) is 29.3 Å². The molecule has 0 atom stereocenters. The summed E-state index contributed by atoms with van der Waals surface area (Å²) in [6.45, 7) is 1.84. The fourth-order valence-corrected chi connectivity index (χ4v) is 2.59. The highest BCUT2D eigenvalue weighted by atomic mass is 32.2. The molecule has 0 saturated carbocycles. The number of hydrogen-bond donors (Lipinski definition) is 0. The summed E-state index contributed by atoms with van der Waals surface area (Å²) < 4.78 is 26.7. The highest BCUT2D eigenvalue weighted by Gasteiger charge is 2.36. The summed E-state index contributed by atoms with van der Waals surface area (Å²) in [4.78, 5) is 0.738. The number of thioether (sulfide) groups is 1. The number of hydrogen-bond acceptors (Lipinski definition) is 1. The van der Waals surface area contributed by atoms with Gasteiger partial charge in [0.1, 0.15) is 0 Å². The zero-order chi connectivity index (χ0) is 9.47. The van der Waals surface area contributed by atoms with Gasteiger partial charge < -0.3 is 0 Å². The SMILES string of the molecule is Cc1ccc2c(c1)C(F)(F)CCS2. The van der Waals surface area contributed by atoms with E-state index in [4.69, 9.17) is 0 Å². The molecule has 1 aliphatic heterocycles. The van der Waals surface area contributed by atoms with Crippen LogP contribution in [-0.4, -0.2) is 5.75 Å². The molecule has 1 heterocycles. The van der Waals surface area contributed by atoms with Crippen LogP contribution in [0, 0.1) is 6.92 Å². The van der Waals surface area contributed by atoms with Crippen molar-refractivity contribution < 1.29 is 8.78 Å². The van der Waals surface area contributed by atoms with Gasteiger partial charge in [0, 0.05) is 22.6 Å². The molecule has 3 heteroatoms. The maximum Gasteiger partial charge on any atom is 0.275 e. The van der Waals surface area contributed by atoms with Gasteiger partial charge in [-0.15, -0.1) is 11.8 Å². The van der Waals surface area contributed by atoms with Crippen LogP contribution in [0.4, 0.5) is 8.78 Å². The van der Waals surface area contributed by atoms with Crippen LogP contribution in [0.25, 0.3) is 0 Å². The van der Waals surface area contributed by atoms with Gasteiger partial charge in [-0.2, -0.15) is 0 Å². The van der Waals surface area contributed by atoms with E-state index in [0.717, 1.165) is 10.5 Å². The molecular weight excluding hydrogens is 190 g/mol. The van der Waals surface area contributed by atoms with Crippen molar-refractivity contribution in [2.75, 3.05) is 5.75 Å². The molecule has 0 saturated heterocycles. The molecule has 2 rings (SSSR count). The monoisotopic (exact) mass is 200 g/mol. The van der Waals surface area contributed by atoms with Crippen molar-refractivity contribution in [3.63, 3.8) is 0 Å². The van der Waals surface area contributed by atoms with E-state index in [9.17, 15) is 8.78 Å². The molecule has 1 aliphatic rings. The Morgan fingerprint density at radius 3 is 2.92 bits per heavy atom. The van der Waals surface area contributed by atoms with Crippen LogP contribution >= 0.6 is 11.8 Å². The smallest absolute Gasteiger partial charge is 0.201 e. The first-order valence-corrected chi connectivity index (χ1v) is 5.20. The lowest BCUT2D eigenvalue weighted by Crippen LogP contribution is -2.19. The zero-order valence-electron chi connectivity index (χ0n) is 7.31. The molecule has 0 N–H and O–H groups in total. The fraction of sp³-hybridized carbons (Fsp3) is 0.400. The summed E-state index contributed by atoms with van der Waals surface area (Å²) in [6.07, 6.45) is -0.0336. The predicted octanol–water partition coefficient (Wildman–Crippen LogP) is 3.58. The second kappa shape index (κ2) is 2.98. The molecule has 70 valence electrons. The number of halogens is 2. The molecule has 0 nitrogen and oxygen atoms in total. The van der Waals surface area contributed by atoms with E-state index in [1.165, 1.54) is 11.8 Å². The molecule has 1 aromatic rings. The van der Waals surface area contributed by atoms with Gasteiger partial charge in [0.2, 0.25) is 0 Å². The van der Waals surface area contributed by atoms with Crippen molar-refractivity contribution in [3.8, 4) is 0 Å². The Balaban J connectivity index is 2.55. The van der Waals surface area contributed by atoms with Gasteiger partial charge in [-0.3, -0.25) is 0 Å². The van der Waals surface area contributed by atoms with E-state index in [1.807, 2.05) is 13.0 Å². The molecular formula is C10H10F2S. The Hall–Kier alpha value is -0.570. The van der Waals surface area contributed by atoms with Gasteiger partial charge in [0.15, 0.2) is 0 Å². The third kappa shape index (κ3) is 1.57. The van der Waals surface area contributed by atoms with Crippen LogP contribution in [0.15, 0.2) is 23.1 Å². The summed E-state index contributed by atoms with van der Waals surface area (Å²) in [7, 11) is 0. The van der Waals surface area contributed by atoms with Crippen LogP contribution in [0.2, 0.25) is 0 Å². The number of fused-ring (bicyclic) bond motifs is 1. The first kappa shape index (κ1) is 9.00. The van der Waals surface area contributed by atoms with E-state index < -0.39 is 5.92 Å². The van der Waals surface area contributed by atoms with Gasteiger partial charge in [-0.1, -0.05) is 11.6 Å². The highest BCUT2D eigenvalue weighted by Crippen LogP contribution is 2.44. The topological polar surface area (TPSA) is 0 Å². The first-order chi connectivity index (χ1) is 6.09. The average Bonchev–Trinajstić information content (AvgIpc) is 2.06. The second-order valence-electron chi connectivity index (χ2n) is 3.30. The second-order valence-corrected chi connectivity index (χ2v) is 4.44. The molecule has 0 aromatic heterocycles. The minimum absolute atomic E-state index is 0.0336. The van der Waals surface area contributed by atoms with Crippen molar-refractivity contribution in [2.45, 2.75) is 24.2 Å². The first-order valence-electron chi connectivity index (χ1n) is 4.21. The molecule has 0 radical (unpaired) electrons. The Labute approximate surface area is 80.3 Å². The zero-order valence-corrected chi connectivity index (χ0v) is 8.13. The summed E-state index contributed by atoms with van der Waals surface area (Å²) in [5.41, 5.74) is 1.12. The van der Waals surface area contributed by atoms with Crippen LogP contribution in [0.3, 0.4) is 0 Å². The van der Waals surface area contributed by atoms with E-state index in [2.05, 4.69) is 0 Å². The molecule has 0 amide bonds. The lowest BCUT2D eigenvalue weighted by atomic mass is 10.0. The molecule has 13 heavy (non-hydrogen) atoms.